The van der Waals surface area contributed by atoms with Crippen LogP contribution in [0.1, 0.15) is 30.3 Å². The fraction of sp³-hybridized carbons (Fsp3) is 0.667. The lowest BCUT2D eigenvalue weighted by Gasteiger charge is -2.37. The quantitative estimate of drug-likeness (QED) is 0.821. The van der Waals surface area contributed by atoms with Crippen molar-refractivity contribution < 1.29 is 9.90 Å². The second-order valence-corrected chi connectivity index (χ2v) is 4.77. The number of hydrogen-bond acceptors (Lipinski definition) is 3. The standard InChI is InChI=1S/C12H19N3O2/c1-9-3-4-10(8-16)7-15(9)12(17)11-5-6-13-14(11)2/h5-6,9-10,16H,3-4,7-8H2,1-2H3. The molecule has 0 saturated carbocycles. The number of carbonyl (C=O) groups is 1. The van der Waals surface area contributed by atoms with Crippen LogP contribution in [-0.4, -0.2) is 44.9 Å². The molecular formula is C12H19N3O2. The Balaban J connectivity index is 2.15. The zero-order valence-electron chi connectivity index (χ0n) is 10.3. The smallest absolute Gasteiger partial charge is 0.272 e. The van der Waals surface area contributed by atoms with Gasteiger partial charge in [0.05, 0.1) is 0 Å². The summed E-state index contributed by atoms with van der Waals surface area (Å²) < 4.78 is 1.59. The highest BCUT2D eigenvalue weighted by Crippen LogP contribution is 2.23. The van der Waals surface area contributed by atoms with E-state index in [0.29, 0.717) is 12.2 Å². The summed E-state index contributed by atoms with van der Waals surface area (Å²) in [5, 5.41) is 13.2. The van der Waals surface area contributed by atoms with Crippen LogP contribution < -0.4 is 0 Å². The molecule has 1 N–H and O–H groups in total. The van der Waals surface area contributed by atoms with Crippen LogP contribution in [0, 0.1) is 5.92 Å². The molecule has 1 aromatic rings. The highest BCUT2D eigenvalue weighted by molar-refractivity contribution is 5.92. The molecule has 1 amide bonds. The minimum absolute atomic E-state index is 0.00986. The van der Waals surface area contributed by atoms with Crippen molar-refractivity contribution in [3.63, 3.8) is 0 Å². The van der Waals surface area contributed by atoms with Gasteiger partial charge in [0.25, 0.3) is 5.91 Å². The largest absolute Gasteiger partial charge is 0.396 e. The fourth-order valence-corrected chi connectivity index (χ4v) is 2.35. The lowest BCUT2D eigenvalue weighted by atomic mass is 9.94. The summed E-state index contributed by atoms with van der Waals surface area (Å²) in [4.78, 5) is 14.2. The molecule has 0 spiro atoms. The van der Waals surface area contributed by atoms with Crippen molar-refractivity contribution in [2.24, 2.45) is 13.0 Å². The average Bonchev–Trinajstić information content (AvgIpc) is 2.75. The van der Waals surface area contributed by atoms with Gasteiger partial charge in [-0.1, -0.05) is 0 Å². The van der Waals surface area contributed by atoms with Gasteiger partial charge in [-0.15, -0.1) is 0 Å². The van der Waals surface area contributed by atoms with Gasteiger partial charge in [0.2, 0.25) is 0 Å². The molecule has 0 aromatic carbocycles. The lowest BCUT2D eigenvalue weighted by molar-refractivity contribution is 0.0478. The predicted octanol–water partition coefficient (Wildman–Crippen LogP) is 0.653. The monoisotopic (exact) mass is 237 g/mol. The lowest BCUT2D eigenvalue weighted by Crippen LogP contribution is -2.46. The Morgan fingerprint density at radius 2 is 2.35 bits per heavy atom. The van der Waals surface area contributed by atoms with Gasteiger partial charge in [-0.25, -0.2) is 0 Å². The van der Waals surface area contributed by atoms with Gasteiger partial charge in [0, 0.05) is 32.4 Å². The Kier molecular flexibility index (Phi) is 3.47. The van der Waals surface area contributed by atoms with Crippen LogP contribution in [-0.2, 0) is 7.05 Å². The first-order valence-corrected chi connectivity index (χ1v) is 6.03. The van der Waals surface area contributed by atoms with Gasteiger partial charge < -0.3 is 10.0 Å². The van der Waals surface area contributed by atoms with Crippen LogP contribution in [0.2, 0.25) is 0 Å². The number of piperidine rings is 1. The molecule has 2 unspecified atom stereocenters. The summed E-state index contributed by atoms with van der Waals surface area (Å²) in [5.41, 5.74) is 0.607. The second kappa shape index (κ2) is 4.87. The van der Waals surface area contributed by atoms with Gasteiger partial charge in [0.1, 0.15) is 5.69 Å². The van der Waals surface area contributed by atoms with Crippen LogP contribution in [0.5, 0.6) is 0 Å². The van der Waals surface area contributed by atoms with E-state index in [-0.39, 0.29) is 24.5 Å². The van der Waals surface area contributed by atoms with Crippen LogP contribution in [0.15, 0.2) is 12.3 Å². The number of nitrogens with zero attached hydrogens (tertiary/aromatic N) is 3. The van der Waals surface area contributed by atoms with Crippen LogP contribution in [0.25, 0.3) is 0 Å². The fourth-order valence-electron chi connectivity index (χ4n) is 2.35. The van der Waals surface area contributed by atoms with Gasteiger partial charge >= 0.3 is 0 Å². The Hall–Kier alpha value is -1.36. The maximum atomic E-state index is 12.3. The summed E-state index contributed by atoms with van der Waals surface area (Å²) in [6.45, 7) is 2.85. The highest BCUT2D eigenvalue weighted by Gasteiger charge is 2.30. The summed E-state index contributed by atoms with van der Waals surface area (Å²) in [6, 6.07) is 1.97. The minimum atomic E-state index is 0.00986. The number of likely N-dealkylation sites (tertiary alicyclic amines) is 1. The zero-order chi connectivity index (χ0) is 12.4. The number of aromatic nitrogens is 2. The summed E-state index contributed by atoms with van der Waals surface area (Å²) >= 11 is 0. The van der Waals surface area contributed by atoms with Crippen molar-refractivity contribution in [3.05, 3.63) is 18.0 Å². The van der Waals surface area contributed by atoms with E-state index in [0.717, 1.165) is 12.8 Å². The molecule has 1 saturated heterocycles. The molecule has 0 radical (unpaired) electrons. The van der Waals surface area contributed by atoms with Crippen LogP contribution in [0.4, 0.5) is 0 Å². The Bertz CT molecular complexity index is 402. The molecule has 0 aliphatic carbocycles. The number of amides is 1. The third kappa shape index (κ3) is 2.34. The van der Waals surface area contributed by atoms with Gasteiger partial charge in [-0.3, -0.25) is 9.48 Å². The number of aliphatic hydroxyl groups is 1. The molecule has 0 bridgehead atoms. The van der Waals surface area contributed by atoms with E-state index in [1.54, 1.807) is 24.0 Å². The topological polar surface area (TPSA) is 58.4 Å². The van der Waals surface area contributed by atoms with E-state index in [4.69, 9.17) is 0 Å². The first kappa shape index (κ1) is 12.1. The molecule has 1 aliphatic heterocycles. The number of carbonyl (C=O) groups excluding carboxylic acids is 1. The van der Waals surface area contributed by atoms with E-state index in [1.165, 1.54) is 0 Å². The van der Waals surface area contributed by atoms with E-state index in [2.05, 4.69) is 12.0 Å². The molecular weight excluding hydrogens is 218 g/mol. The Labute approximate surface area is 101 Å². The summed E-state index contributed by atoms with van der Waals surface area (Å²) in [5.74, 6) is 0.221. The first-order chi connectivity index (χ1) is 8.13. The van der Waals surface area contributed by atoms with Crippen molar-refractivity contribution in [2.45, 2.75) is 25.8 Å². The Morgan fingerprint density at radius 3 is 2.94 bits per heavy atom. The molecule has 5 nitrogen and oxygen atoms in total. The Morgan fingerprint density at radius 1 is 1.59 bits per heavy atom. The minimum Gasteiger partial charge on any atom is -0.396 e. The normalized spacial score (nSPS) is 25.0. The molecule has 1 aromatic heterocycles. The second-order valence-electron chi connectivity index (χ2n) is 4.77. The van der Waals surface area contributed by atoms with E-state index in [9.17, 15) is 9.90 Å². The number of hydrogen-bond donors (Lipinski definition) is 1. The highest BCUT2D eigenvalue weighted by atomic mass is 16.3. The molecule has 1 aliphatic rings. The van der Waals surface area contributed by atoms with E-state index in [1.807, 2.05) is 4.90 Å². The average molecular weight is 237 g/mol. The van der Waals surface area contributed by atoms with Crippen molar-refractivity contribution in [3.8, 4) is 0 Å². The molecule has 94 valence electrons. The number of aryl methyl sites for hydroxylation is 1. The van der Waals surface area contributed by atoms with Crippen LogP contribution >= 0.6 is 0 Å². The number of rotatable bonds is 2. The van der Waals surface area contributed by atoms with Crippen molar-refractivity contribution in [1.29, 1.82) is 0 Å². The SMILES string of the molecule is CC1CCC(CO)CN1C(=O)c1ccnn1C. The third-order valence-electron chi connectivity index (χ3n) is 3.54. The molecule has 2 rings (SSSR count). The van der Waals surface area contributed by atoms with Crippen LogP contribution in [0.3, 0.4) is 0 Å². The zero-order valence-corrected chi connectivity index (χ0v) is 10.3. The maximum Gasteiger partial charge on any atom is 0.272 e. The van der Waals surface area contributed by atoms with E-state index < -0.39 is 0 Å². The molecule has 2 atom stereocenters. The summed E-state index contributed by atoms with van der Waals surface area (Å²) in [6.07, 6.45) is 3.58. The predicted molar refractivity (Wildman–Crippen MR) is 63.5 cm³/mol. The molecule has 17 heavy (non-hydrogen) atoms. The van der Waals surface area contributed by atoms with E-state index >= 15 is 0 Å². The third-order valence-corrected chi connectivity index (χ3v) is 3.54. The van der Waals surface area contributed by atoms with Gasteiger partial charge in [-0.2, -0.15) is 5.10 Å². The summed E-state index contributed by atoms with van der Waals surface area (Å²) in [7, 11) is 1.77. The molecule has 1 fully saturated rings. The first-order valence-electron chi connectivity index (χ1n) is 6.03. The van der Waals surface area contributed by atoms with Crippen molar-refractivity contribution >= 4 is 5.91 Å². The van der Waals surface area contributed by atoms with Gasteiger partial charge in [-0.05, 0) is 31.7 Å². The molecule has 5 heteroatoms. The maximum absolute atomic E-state index is 12.3. The van der Waals surface area contributed by atoms with Crippen molar-refractivity contribution in [2.75, 3.05) is 13.2 Å². The van der Waals surface area contributed by atoms with Crippen molar-refractivity contribution in [1.82, 2.24) is 14.7 Å². The molecule has 2 heterocycles. The van der Waals surface area contributed by atoms with Gasteiger partial charge in [0.15, 0.2) is 0 Å². The number of aliphatic hydroxyl groups excluding tert-OH is 1.